The van der Waals surface area contributed by atoms with Crippen LogP contribution in [0.1, 0.15) is 46.5 Å². The summed E-state index contributed by atoms with van der Waals surface area (Å²) in [6.07, 6.45) is 8.47. The van der Waals surface area contributed by atoms with Crippen LogP contribution in [0, 0.1) is 17.8 Å². The second-order valence-electron chi connectivity index (χ2n) is 7.00. The van der Waals surface area contributed by atoms with Gasteiger partial charge in [0.1, 0.15) is 18.2 Å². The maximum absolute atomic E-state index is 12.5. The van der Waals surface area contributed by atoms with Crippen molar-refractivity contribution in [1.82, 2.24) is 20.1 Å². The number of hydrogen-bond acceptors (Lipinski definition) is 3. The highest BCUT2D eigenvalue weighted by molar-refractivity contribution is 5.83. The maximum Gasteiger partial charge on any atom is 0.247 e. The monoisotopic (exact) mass is 276 g/mol. The summed E-state index contributed by atoms with van der Waals surface area (Å²) in [5.74, 6) is 2.42. The van der Waals surface area contributed by atoms with Crippen molar-refractivity contribution in [3.63, 3.8) is 0 Å². The van der Waals surface area contributed by atoms with Gasteiger partial charge in [-0.25, -0.2) is 9.67 Å². The van der Waals surface area contributed by atoms with Crippen molar-refractivity contribution in [2.45, 2.75) is 58.0 Å². The minimum absolute atomic E-state index is 0.0262. The zero-order chi connectivity index (χ0) is 14.3. The summed E-state index contributed by atoms with van der Waals surface area (Å²) in [5, 5.41) is 7.30. The Kier molecular flexibility index (Phi) is 3.30. The van der Waals surface area contributed by atoms with E-state index in [2.05, 4.69) is 22.3 Å². The van der Waals surface area contributed by atoms with Crippen molar-refractivity contribution in [1.29, 1.82) is 0 Å². The van der Waals surface area contributed by atoms with Crippen LogP contribution < -0.4 is 5.32 Å². The average Bonchev–Trinajstić information content (AvgIpc) is 3.15. The highest BCUT2D eigenvalue weighted by Crippen LogP contribution is 2.49. The number of amides is 1. The molecule has 5 nitrogen and oxygen atoms in total. The van der Waals surface area contributed by atoms with Crippen LogP contribution in [0.4, 0.5) is 0 Å². The van der Waals surface area contributed by atoms with Crippen molar-refractivity contribution in [2.24, 2.45) is 17.8 Å². The highest BCUT2D eigenvalue weighted by Gasteiger charge is 2.43. The minimum atomic E-state index is -0.692. The predicted molar refractivity (Wildman–Crippen MR) is 75.9 cm³/mol. The molecule has 2 aliphatic carbocycles. The standard InChI is InChI=1S/C15H24N4O/c1-10(13-7-11-4-5-12(13)6-11)18-14(20)15(2,3)19-9-16-8-17-19/h8-13H,4-7H2,1-3H3,(H,18,20)/t10-,11+,12+,13+/m1/s1. The third-order valence-electron chi connectivity index (χ3n) is 5.34. The first kappa shape index (κ1) is 13.6. The lowest BCUT2D eigenvalue weighted by molar-refractivity contribution is -0.130. The molecule has 0 unspecified atom stereocenters. The van der Waals surface area contributed by atoms with Crippen LogP contribution in [0.5, 0.6) is 0 Å². The predicted octanol–water partition coefficient (Wildman–Crippen LogP) is 1.95. The maximum atomic E-state index is 12.5. The quantitative estimate of drug-likeness (QED) is 0.914. The summed E-state index contributed by atoms with van der Waals surface area (Å²) < 4.78 is 1.62. The summed E-state index contributed by atoms with van der Waals surface area (Å²) in [5.41, 5.74) is -0.692. The normalized spacial score (nSPS) is 30.4. The third kappa shape index (κ3) is 2.23. The van der Waals surface area contributed by atoms with Crippen molar-refractivity contribution in [3.05, 3.63) is 12.7 Å². The molecule has 2 aliphatic rings. The van der Waals surface area contributed by atoms with E-state index in [1.807, 2.05) is 13.8 Å². The molecule has 0 saturated heterocycles. The van der Waals surface area contributed by atoms with E-state index in [0.717, 1.165) is 11.8 Å². The molecular formula is C15H24N4O. The number of carbonyl (C=O) groups is 1. The van der Waals surface area contributed by atoms with Gasteiger partial charge < -0.3 is 5.32 Å². The molecule has 1 heterocycles. The van der Waals surface area contributed by atoms with Gasteiger partial charge >= 0.3 is 0 Å². The van der Waals surface area contributed by atoms with Gasteiger partial charge in [0.2, 0.25) is 5.91 Å². The molecule has 110 valence electrons. The molecule has 2 saturated carbocycles. The molecule has 0 spiro atoms. The number of carbonyl (C=O) groups excluding carboxylic acids is 1. The Bertz CT molecular complexity index is 482. The van der Waals surface area contributed by atoms with Gasteiger partial charge in [-0.15, -0.1) is 0 Å². The molecule has 0 radical (unpaired) electrons. The Morgan fingerprint density at radius 2 is 2.20 bits per heavy atom. The molecule has 1 aromatic rings. The van der Waals surface area contributed by atoms with Crippen LogP contribution in [-0.4, -0.2) is 26.7 Å². The number of aromatic nitrogens is 3. The van der Waals surface area contributed by atoms with Gasteiger partial charge in [-0.05, 0) is 57.8 Å². The molecule has 5 heteroatoms. The zero-order valence-electron chi connectivity index (χ0n) is 12.5. The Labute approximate surface area is 120 Å². The molecule has 3 rings (SSSR count). The van der Waals surface area contributed by atoms with Gasteiger partial charge in [0.15, 0.2) is 0 Å². The minimum Gasteiger partial charge on any atom is -0.351 e. The first-order valence-corrected chi connectivity index (χ1v) is 7.64. The molecule has 0 aliphatic heterocycles. The van der Waals surface area contributed by atoms with Gasteiger partial charge in [-0.1, -0.05) is 6.42 Å². The lowest BCUT2D eigenvalue weighted by atomic mass is 9.83. The number of hydrogen-bond donors (Lipinski definition) is 1. The smallest absolute Gasteiger partial charge is 0.247 e. The SMILES string of the molecule is C[C@@H](NC(=O)C(C)(C)n1cncn1)[C@@H]1C[C@H]2CC[C@H]1C2. The van der Waals surface area contributed by atoms with Crippen molar-refractivity contribution >= 4 is 5.91 Å². The zero-order valence-corrected chi connectivity index (χ0v) is 12.5. The first-order chi connectivity index (χ1) is 9.48. The fourth-order valence-corrected chi connectivity index (χ4v) is 4.00. The molecule has 2 bridgehead atoms. The Morgan fingerprint density at radius 1 is 1.40 bits per heavy atom. The van der Waals surface area contributed by atoms with Crippen LogP contribution in [0.2, 0.25) is 0 Å². The van der Waals surface area contributed by atoms with Crippen LogP contribution in [-0.2, 0) is 10.3 Å². The lowest BCUT2D eigenvalue weighted by Crippen LogP contribution is -2.50. The Balaban J connectivity index is 1.64. The number of rotatable bonds is 4. The summed E-state index contributed by atoms with van der Waals surface area (Å²) in [4.78, 5) is 16.5. The number of nitrogens with zero attached hydrogens (tertiary/aromatic N) is 3. The second kappa shape index (κ2) is 4.86. The molecule has 0 aromatic carbocycles. The van der Waals surface area contributed by atoms with Gasteiger partial charge in [-0.3, -0.25) is 4.79 Å². The van der Waals surface area contributed by atoms with Gasteiger partial charge in [-0.2, -0.15) is 5.10 Å². The van der Waals surface area contributed by atoms with E-state index in [1.54, 1.807) is 11.0 Å². The van der Waals surface area contributed by atoms with E-state index in [4.69, 9.17) is 0 Å². The average molecular weight is 276 g/mol. The van der Waals surface area contributed by atoms with Gasteiger partial charge in [0.05, 0.1) is 0 Å². The Hall–Kier alpha value is -1.39. The summed E-state index contributed by atoms with van der Waals surface area (Å²) in [6, 6.07) is 0.251. The second-order valence-corrected chi connectivity index (χ2v) is 7.00. The Morgan fingerprint density at radius 3 is 2.75 bits per heavy atom. The van der Waals surface area contributed by atoms with E-state index in [-0.39, 0.29) is 11.9 Å². The third-order valence-corrected chi connectivity index (χ3v) is 5.34. The summed E-state index contributed by atoms with van der Waals surface area (Å²) >= 11 is 0. The molecule has 1 aromatic heterocycles. The molecule has 4 atom stereocenters. The fraction of sp³-hybridized carbons (Fsp3) is 0.800. The van der Waals surface area contributed by atoms with Crippen LogP contribution in [0.3, 0.4) is 0 Å². The molecule has 1 N–H and O–H groups in total. The van der Waals surface area contributed by atoms with Crippen molar-refractivity contribution < 1.29 is 4.79 Å². The van der Waals surface area contributed by atoms with Crippen LogP contribution in [0.15, 0.2) is 12.7 Å². The highest BCUT2D eigenvalue weighted by atomic mass is 16.2. The van der Waals surface area contributed by atoms with Gasteiger partial charge in [0.25, 0.3) is 0 Å². The number of nitrogens with one attached hydrogen (secondary N) is 1. The molecular weight excluding hydrogens is 252 g/mol. The topological polar surface area (TPSA) is 59.8 Å². The lowest BCUT2D eigenvalue weighted by Gasteiger charge is -2.32. The van der Waals surface area contributed by atoms with E-state index in [0.29, 0.717) is 5.92 Å². The largest absolute Gasteiger partial charge is 0.351 e. The van der Waals surface area contributed by atoms with Crippen LogP contribution in [0.25, 0.3) is 0 Å². The molecule has 20 heavy (non-hydrogen) atoms. The molecule has 1 amide bonds. The van der Waals surface area contributed by atoms with E-state index in [9.17, 15) is 4.79 Å². The van der Waals surface area contributed by atoms with E-state index in [1.165, 1.54) is 32.0 Å². The molecule has 2 fully saturated rings. The first-order valence-electron chi connectivity index (χ1n) is 7.64. The fourth-order valence-electron chi connectivity index (χ4n) is 4.00. The van der Waals surface area contributed by atoms with Crippen molar-refractivity contribution in [2.75, 3.05) is 0 Å². The summed E-state index contributed by atoms with van der Waals surface area (Å²) in [6.45, 7) is 5.91. The number of fused-ring (bicyclic) bond motifs is 2. The van der Waals surface area contributed by atoms with Crippen LogP contribution >= 0.6 is 0 Å². The van der Waals surface area contributed by atoms with Gasteiger partial charge in [0, 0.05) is 6.04 Å². The van der Waals surface area contributed by atoms with Crippen molar-refractivity contribution in [3.8, 4) is 0 Å². The van der Waals surface area contributed by atoms with E-state index < -0.39 is 5.54 Å². The van der Waals surface area contributed by atoms with E-state index >= 15 is 0 Å². The summed E-state index contributed by atoms with van der Waals surface area (Å²) in [7, 11) is 0.